The molecule has 0 aliphatic heterocycles. The Morgan fingerprint density at radius 2 is 1.23 bits per heavy atom. The van der Waals surface area contributed by atoms with Gasteiger partial charge in [0.25, 0.3) is 10.1 Å². The third-order valence-corrected chi connectivity index (χ3v) is 12.3. The molecule has 0 fully saturated rings. The monoisotopic (exact) mass is 510 g/mol. The van der Waals surface area contributed by atoms with Crippen molar-refractivity contribution in [2.75, 3.05) is 6.61 Å². The van der Waals surface area contributed by atoms with Crippen molar-refractivity contribution in [3.05, 3.63) is 90.5 Å². The Bertz CT molecular complexity index is 1210. The van der Waals surface area contributed by atoms with E-state index in [1.165, 1.54) is 12.1 Å². The molecule has 0 aliphatic carbocycles. The predicted molar refractivity (Wildman–Crippen MR) is 142 cm³/mol. The van der Waals surface area contributed by atoms with Crippen molar-refractivity contribution in [2.24, 2.45) is 5.41 Å². The van der Waals surface area contributed by atoms with Gasteiger partial charge in [-0.2, -0.15) is 8.42 Å². The molecule has 0 aliphatic rings. The average molecular weight is 511 g/mol. The highest BCUT2D eigenvalue weighted by atomic mass is 32.2. The van der Waals surface area contributed by atoms with E-state index in [1.807, 2.05) is 67.6 Å². The molecular formula is C28H34O5SSi. The van der Waals surface area contributed by atoms with Gasteiger partial charge >= 0.3 is 14.3 Å². The summed E-state index contributed by atoms with van der Waals surface area (Å²) in [4.78, 5) is 13.8. The molecule has 5 nitrogen and oxygen atoms in total. The first kappa shape index (κ1) is 26.9. The summed E-state index contributed by atoms with van der Waals surface area (Å²) in [6.45, 7) is 11.1. The maximum Gasteiger partial charge on any atom is 0.323 e. The summed E-state index contributed by atoms with van der Waals surface area (Å²) in [6, 6.07) is 26.1. The van der Waals surface area contributed by atoms with Crippen LogP contribution in [0.2, 0.25) is 5.04 Å². The van der Waals surface area contributed by atoms with E-state index in [0.717, 1.165) is 15.9 Å². The minimum absolute atomic E-state index is 0.0549. The van der Waals surface area contributed by atoms with Gasteiger partial charge in [0, 0.05) is 0 Å². The van der Waals surface area contributed by atoms with Gasteiger partial charge < -0.3 is 4.43 Å². The van der Waals surface area contributed by atoms with Crippen LogP contribution in [0.3, 0.4) is 0 Å². The van der Waals surface area contributed by atoms with Gasteiger partial charge in [0.05, 0.1) is 16.9 Å². The molecule has 3 aromatic carbocycles. The van der Waals surface area contributed by atoms with Crippen molar-refractivity contribution in [1.82, 2.24) is 0 Å². The van der Waals surface area contributed by atoms with Crippen LogP contribution in [0, 0.1) is 12.3 Å². The number of hydrogen-bond acceptors (Lipinski definition) is 5. The summed E-state index contributed by atoms with van der Waals surface area (Å²) in [6.07, 6.45) is 0. The molecule has 3 rings (SSSR count). The van der Waals surface area contributed by atoms with Crippen molar-refractivity contribution < 1.29 is 21.8 Å². The summed E-state index contributed by atoms with van der Waals surface area (Å²) in [5.74, 6) is -0.495. The van der Waals surface area contributed by atoms with Crippen molar-refractivity contribution in [3.8, 4) is 0 Å². The van der Waals surface area contributed by atoms with Gasteiger partial charge in [-0.15, -0.1) is 0 Å². The lowest BCUT2D eigenvalue weighted by Gasteiger charge is -2.43. The van der Waals surface area contributed by atoms with Gasteiger partial charge in [-0.1, -0.05) is 99.1 Å². The van der Waals surface area contributed by atoms with Gasteiger partial charge in [0.1, 0.15) is 0 Å². The Kier molecular flexibility index (Phi) is 7.74. The van der Waals surface area contributed by atoms with Crippen LogP contribution in [0.1, 0.15) is 40.2 Å². The lowest BCUT2D eigenvalue weighted by atomic mass is 9.96. The lowest BCUT2D eigenvalue weighted by Crippen LogP contribution is -2.68. The quantitative estimate of drug-likeness (QED) is 0.321. The lowest BCUT2D eigenvalue weighted by molar-refractivity contribution is -0.146. The van der Waals surface area contributed by atoms with Crippen LogP contribution in [-0.2, 0) is 23.5 Å². The highest BCUT2D eigenvalue weighted by Gasteiger charge is 2.54. The minimum atomic E-state index is -4.02. The van der Waals surface area contributed by atoms with Crippen LogP contribution in [0.25, 0.3) is 0 Å². The SMILES string of the molecule is Cc1ccc(S(=O)(=O)OCC(C)(C)C(=O)O[Si](c2ccccc2)(c2ccccc2)C(C)(C)C)cc1. The highest BCUT2D eigenvalue weighted by molar-refractivity contribution is 7.86. The Hall–Kier alpha value is -2.74. The van der Waals surface area contributed by atoms with Crippen LogP contribution >= 0.6 is 0 Å². The third kappa shape index (κ3) is 5.74. The molecule has 0 spiro atoms. The molecule has 0 aromatic heterocycles. The predicted octanol–water partition coefficient (Wildman–Crippen LogP) is 4.83. The average Bonchev–Trinajstić information content (AvgIpc) is 2.82. The van der Waals surface area contributed by atoms with Crippen LogP contribution in [0.4, 0.5) is 0 Å². The zero-order valence-corrected chi connectivity index (χ0v) is 23.1. The molecule has 0 amide bonds. The maximum absolute atomic E-state index is 13.7. The van der Waals surface area contributed by atoms with Gasteiger partial charge in [-0.25, -0.2) is 0 Å². The van der Waals surface area contributed by atoms with E-state index < -0.39 is 34.9 Å². The standard InChI is InChI=1S/C28H34O5SSi/c1-22-17-19-23(20-18-22)34(30,31)32-21-28(5,6)26(29)33-35(27(2,3)4,24-13-9-7-10-14-24)25-15-11-8-12-16-25/h7-20H,21H2,1-6H3. The second-order valence-corrected chi connectivity index (χ2v) is 16.3. The van der Waals surface area contributed by atoms with Gasteiger partial charge in [-0.05, 0) is 48.3 Å². The normalized spacial score (nSPS) is 12.9. The fraction of sp³-hybridized carbons (Fsp3) is 0.321. The summed E-state index contributed by atoms with van der Waals surface area (Å²) in [5, 5.41) is 1.54. The van der Waals surface area contributed by atoms with Crippen LogP contribution in [0.15, 0.2) is 89.8 Å². The number of carbonyl (C=O) groups excluding carboxylic acids is 1. The number of aryl methyl sites for hydroxylation is 1. The molecule has 186 valence electrons. The Morgan fingerprint density at radius 1 is 0.771 bits per heavy atom. The first-order chi connectivity index (χ1) is 16.3. The molecule has 3 aromatic rings. The van der Waals surface area contributed by atoms with Crippen LogP contribution in [-0.4, -0.2) is 29.3 Å². The van der Waals surface area contributed by atoms with E-state index in [0.29, 0.717) is 0 Å². The van der Waals surface area contributed by atoms with Crippen molar-refractivity contribution in [3.63, 3.8) is 0 Å². The van der Waals surface area contributed by atoms with Crippen LogP contribution < -0.4 is 10.4 Å². The molecule has 0 unspecified atom stereocenters. The summed E-state index contributed by atoms with van der Waals surface area (Å²) in [5.41, 5.74) is -0.261. The summed E-state index contributed by atoms with van der Waals surface area (Å²) < 4.78 is 37.4. The second kappa shape index (κ2) is 10.1. The van der Waals surface area contributed by atoms with E-state index in [9.17, 15) is 13.2 Å². The molecular weight excluding hydrogens is 476 g/mol. The zero-order chi connectivity index (χ0) is 25.9. The first-order valence-corrected chi connectivity index (χ1v) is 14.9. The first-order valence-electron chi connectivity index (χ1n) is 11.6. The number of benzene rings is 3. The van der Waals surface area contributed by atoms with Gasteiger partial charge in [0.2, 0.25) is 0 Å². The molecule has 0 radical (unpaired) electrons. The Morgan fingerprint density at radius 3 is 1.66 bits per heavy atom. The largest absolute Gasteiger partial charge is 0.509 e. The molecule has 0 heterocycles. The van der Waals surface area contributed by atoms with Crippen molar-refractivity contribution in [1.29, 1.82) is 0 Å². The third-order valence-electron chi connectivity index (χ3n) is 6.10. The number of carbonyl (C=O) groups is 1. The van der Waals surface area contributed by atoms with Gasteiger partial charge in [0.15, 0.2) is 0 Å². The molecule has 0 saturated heterocycles. The second-order valence-electron chi connectivity index (χ2n) is 10.5. The molecule has 0 saturated carbocycles. The fourth-order valence-electron chi connectivity index (χ4n) is 3.98. The van der Waals surface area contributed by atoms with E-state index in [4.69, 9.17) is 8.61 Å². The van der Waals surface area contributed by atoms with Crippen LogP contribution in [0.5, 0.6) is 0 Å². The minimum Gasteiger partial charge on any atom is -0.509 e. The highest BCUT2D eigenvalue weighted by Crippen LogP contribution is 2.38. The fourth-order valence-corrected chi connectivity index (χ4v) is 9.52. The smallest absolute Gasteiger partial charge is 0.323 e. The Balaban J connectivity index is 1.95. The Labute approximate surface area is 210 Å². The number of rotatable bonds is 8. The van der Waals surface area contributed by atoms with E-state index >= 15 is 0 Å². The maximum atomic E-state index is 13.7. The van der Waals surface area contributed by atoms with Crippen molar-refractivity contribution in [2.45, 2.75) is 51.5 Å². The molecule has 35 heavy (non-hydrogen) atoms. The van der Waals surface area contributed by atoms with Crippen molar-refractivity contribution >= 4 is 34.8 Å². The summed E-state index contributed by atoms with van der Waals surface area (Å²) in [7, 11) is -7.14. The molecule has 0 N–H and O–H groups in total. The van der Waals surface area contributed by atoms with E-state index in [-0.39, 0.29) is 11.5 Å². The molecule has 7 heteroatoms. The molecule has 0 atom stereocenters. The zero-order valence-electron chi connectivity index (χ0n) is 21.2. The van der Waals surface area contributed by atoms with Gasteiger partial charge in [-0.3, -0.25) is 8.98 Å². The van der Waals surface area contributed by atoms with E-state index in [1.54, 1.807) is 26.0 Å². The molecule has 0 bridgehead atoms. The topological polar surface area (TPSA) is 69.7 Å². The number of hydrogen-bond donors (Lipinski definition) is 0. The van der Waals surface area contributed by atoms with E-state index in [2.05, 4.69) is 20.8 Å². The summed E-state index contributed by atoms with van der Waals surface area (Å²) >= 11 is 0.